The smallest absolute Gasteiger partial charge is 0.335 e. The van der Waals surface area contributed by atoms with Gasteiger partial charge in [-0.1, -0.05) is 42.5 Å². The Bertz CT molecular complexity index is 1160. The number of carboxylic acids is 1. The minimum Gasteiger partial charge on any atom is -0.478 e. The number of benzene rings is 3. The molecule has 1 heterocycles. The maximum Gasteiger partial charge on any atom is 0.335 e. The molecular weight excluding hydrogens is 368 g/mol. The molecule has 2 aliphatic rings. The van der Waals surface area contributed by atoms with E-state index in [1.165, 1.54) is 17.2 Å². The Labute approximate surface area is 167 Å². The maximum atomic E-state index is 11.7. The van der Waals surface area contributed by atoms with Gasteiger partial charge in [0.2, 0.25) is 0 Å². The zero-order valence-corrected chi connectivity index (χ0v) is 15.4. The quantitative estimate of drug-likeness (QED) is 0.500. The van der Waals surface area contributed by atoms with Gasteiger partial charge in [-0.2, -0.15) is 0 Å². The zero-order valence-electron chi connectivity index (χ0n) is 15.4. The normalized spacial score (nSPS) is 21.4. The number of para-hydroxylation sites is 1. The van der Waals surface area contributed by atoms with E-state index in [9.17, 15) is 20.0 Å². The van der Waals surface area contributed by atoms with Crippen molar-refractivity contribution in [2.45, 2.75) is 18.4 Å². The van der Waals surface area contributed by atoms with Crippen molar-refractivity contribution >= 4 is 17.3 Å². The SMILES string of the molecule is O=C(O)c1ccc2c(c1)[C@@H]1c3ccccc3C[C@H]1[C@H](c1ccccc1[N+](=O)[O-])N2. The minimum absolute atomic E-state index is 0.00781. The Kier molecular flexibility index (Phi) is 3.87. The van der Waals surface area contributed by atoms with E-state index in [1.807, 2.05) is 24.3 Å². The fourth-order valence-corrected chi connectivity index (χ4v) is 4.92. The van der Waals surface area contributed by atoms with Crippen molar-refractivity contribution in [3.05, 3.63) is 105 Å². The van der Waals surface area contributed by atoms with Gasteiger partial charge in [0.1, 0.15) is 0 Å². The van der Waals surface area contributed by atoms with Crippen LogP contribution in [0.3, 0.4) is 0 Å². The molecule has 0 saturated heterocycles. The molecule has 3 aromatic carbocycles. The lowest BCUT2D eigenvalue weighted by Crippen LogP contribution is -2.31. The van der Waals surface area contributed by atoms with Gasteiger partial charge in [0.05, 0.1) is 22.1 Å². The van der Waals surface area contributed by atoms with Crippen molar-refractivity contribution in [1.82, 2.24) is 0 Å². The molecule has 144 valence electrons. The third-order valence-corrected chi connectivity index (χ3v) is 6.12. The summed E-state index contributed by atoms with van der Waals surface area (Å²) in [6.07, 6.45) is 0.779. The van der Waals surface area contributed by atoms with Gasteiger partial charge in [0.15, 0.2) is 0 Å². The van der Waals surface area contributed by atoms with Crippen molar-refractivity contribution in [3.63, 3.8) is 0 Å². The van der Waals surface area contributed by atoms with Gasteiger partial charge in [-0.3, -0.25) is 10.1 Å². The van der Waals surface area contributed by atoms with E-state index in [4.69, 9.17) is 0 Å². The van der Waals surface area contributed by atoms with Crippen LogP contribution in [0.2, 0.25) is 0 Å². The van der Waals surface area contributed by atoms with Gasteiger partial charge in [0.25, 0.3) is 5.69 Å². The molecule has 1 aliphatic carbocycles. The summed E-state index contributed by atoms with van der Waals surface area (Å²) in [6.45, 7) is 0. The number of nitro groups is 1. The maximum absolute atomic E-state index is 11.7. The highest BCUT2D eigenvalue weighted by molar-refractivity contribution is 5.89. The lowest BCUT2D eigenvalue weighted by molar-refractivity contribution is -0.385. The van der Waals surface area contributed by atoms with Crippen LogP contribution in [0.25, 0.3) is 0 Å². The fraction of sp³-hybridized carbons (Fsp3) is 0.174. The van der Waals surface area contributed by atoms with Crippen molar-refractivity contribution in [1.29, 1.82) is 0 Å². The van der Waals surface area contributed by atoms with E-state index in [0.29, 0.717) is 5.56 Å². The molecule has 5 rings (SSSR count). The average molecular weight is 386 g/mol. The Morgan fingerprint density at radius 1 is 1.00 bits per heavy atom. The van der Waals surface area contributed by atoms with E-state index < -0.39 is 5.97 Å². The lowest BCUT2D eigenvalue weighted by Gasteiger charge is -2.37. The van der Waals surface area contributed by atoms with Crippen LogP contribution in [0.5, 0.6) is 0 Å². The first-order valence-corrected chi connectivity index (χ1v) is 9.49. The molecule has 3 atom stereocenters. The van der Waals surface area contributed by atoms with Crippen molar-refractivity contribution in [2.75, 3.05) is 5.32 Å². The van der Waals surface area contributed by atoms with Crippen LogP contribution in [0.4, 0.5) is 11.4 Å². The van der Waals surface area contributed by atoms with Crippen LogP contribution >= 0.6 is 0 Å². The molecule has 0 amide bonds. The predicted molar refractivity (Wildman–Crippen MR) is 108 cm³/mol. The van der Waals surface area contributed by atoms with Gasteiger partial charge in [0, 0.05) is 17.7 Å². The third-order valence-electron chi connectivity index (χ3n) is 6.12. The van der Waals surface area contributed by atoms with E-state index >= 15 is 0 Å². The van der Waals surface area contributed by atoms with Crippen molar-refractivity contribution < 1.29 is 14.8 Å². The number of carboxylic acid groups (broad SMARTS) is 1. The van der Waals surface area contributed by atoms with Crippen LogP contribution in [0.1, 0.15) is 44.6 Å². The number of anilines is 1. The molecule has 0 fully saturated rings. The second-order valence-corrected chi connectivity index (χ2v) is 7.59. The molecule has 1 aliphatic heterocycles. The highest BCUT2D eigenvalue weighted by atomic mass is 16.6. The Morgan fingerprint density at radius 3 is 2.48 bits per heavy atom. The molecule has 6 heteroatoms. The number of hydrogen-bond acceptors (Lipinski definition) is 4. The summed E-state index contributed by atoms with van der Waals surface area (Å²) in [6, 6.07) is 19.9. The summed E-state index contributed by atoms with van der Waals surface area (Å²) in [5.41, 5.74) is 5.16. The molecular formula is C23H18N2O4. The first-order valence-electron chi connectivity index (χ1n) is 9.49. The number of nitrogens with zero attached hydrogens (tertiary/aromatic N) is 1. The van der Waals surface area contributed by atoms with E-state index in [0.717, 1.165) is 17.7 Å². The van der Waals surface area contributed by atoms with E-state index in [1.54, 1.807) is 24.3 Å². The summed E-state index contributed by atoms with van der Waals surface area (Å²) in [4.78, 5) is 22.9. The molecule has 0 spiro atoms. The van der Waals surface area contributed by atoms with Gasteiger partial charge in [-0.05, 0) is 47.2 Å². The molecule has 0 radical (unpaired) electrons. The molecule has 2 N–H and O–H groups in total. The van der Waals surface area contributed by atoms with E-state index in [-0.39, 0.29) is 34.1 Å². The Morgan fingerprint density at radius 2 is 1.72 bits per heavy atom. The number of nitrogens with one attached hydrogen (secondary N) is 1. The number of fused-ring (bicyclic) bond motifs is 5. The Hall–Kier alpha value is -3.67. The Balaban J connectivity index is 1.71. The second kappa shape index (κ2) is 6.44. The summed E-state index contributed by atoms with van der Waals surface area (Å²) >= 11 is 0. The molecule has 3 aromatic rings. The van der Waals surface area contributed by atoms with E-state index in [2.05, 4.69) is 17.4 Å². The van der Waals surface area contributed by atoms with Gasteiger partial charge >= 0.3 is 5.97 Å². The predicted octanol–water partition coefficient (Wildman–Crippen LogP) is 4.76. The van der Waals surface area contributed by atoms with Crippen LogP contribution in [-0.4, -0.2) is 16.0 Å². The number of aromatic carboxylic acids is 1. The number of hydrogen-bond donors (Lipinski definition) is 2. The standard InChI is InChI=1S/C23H18N2O4/c26-23(27)14-9-10-19-17(12-14)21-15-6-2-1-5-13(15)11-18(21)22(24-19)16-7-3-4-8-20(16)25(28)29/h1-10,12,18,21-22,24H,11H2,(H,26,27)/t18-,21+,22+/m1/s1. The topological polar surface area (TPSA) is 92.5 Å². The zero-order chi connectivity index (χ0) is 20.1. The molecule has 29 heavy (non-hydrogen) atoms. The number of rotatable bonds is 3. The first kappa shape index (κ1) is 17.4. The number of carbonyl (C=O) groups is 1. The van der Waals surface area contributed by atoms with Crippen molar-refractivity contribution in [3.8, 4) is 0 Å². The first-order chi connectivity index (χ1) is 14.0. The third kappa shape index (κ3) is 2.68. The molecule has 6 nitrogen and oxygen atoms in total. The summed E-state index contributed by atoms with van der Waals surface area (Å²) in [7, 11) is 0. The summed E-state index contributed by atoms with van der Waals surface area (Å²) in [5, 5.41) is 24.6. The van der Waals surface area contributed by atoms with Crippen LogP contribution in [0.15, 0.2) is 66.7 Å². The second-order valence-electron chi connectivity index (χ2n) is 7.59. The summed E-state index contributed by atoms with van der Waals surface area (Å²) < 4.78 is 0. The van der Waals surface area contributed by atoms with Gasteiger partial charge < -0.3 is 10.4 Å². The average Bonchev–Trinajstić information content (AvgIpc) is 3.12. The largest absolute Gasteiger partial charge is 0.478 e. The fourth-order valence-electron chi connectivity index (χ4n) is 4.92. The molecule has 0 bridgehead atoms. The van der Waals surface area contributed by atoms with Gasteiger partial charge in [-0.15, -0.1) is 0 Å². The van der Waals surface area contributed by atoms with Crippen molar-refractivity contribution in [2.24, 2.45) is 5.92 Å². The van der Waals surface area contributed by atoms with Crippen LogP contribution in [-0.2, 0) is 6.42 Å². The van der Waals surface area contributed by atoms with Crippen LogP contribution < -0.4 is 5.32 Å². The molecule has 0 saturated carbocycles. The summed E-state index contributed by atoms with van der Waals surface area (Å²) in [5.74, 6) is -0.909. The van der Waals surface area contributed by atoms with Crippen LogP contribution in [0, 0.1) is 16.0 Å². The number of nitro benzene ring substituents is 1. The highest BCUT2D eigenvalue weighted by Crippen LogP contribution is 2.54. The molecule has 0 aromatic heterocycles. The minimum atomic E-state index is -0.962. The highest BCUT2D eigenvalue weighted by Gasteiger charge is 2.45. The monoisotopic (exact) mass is 386 g/mol. The lowest BCUT2D eigenvalue weighted by atomic mass is 9.75. The van der Waals surface area contributed by atoms with Gasteiger partial charge in [-0.25, -0.2) is 4.79 Å². The molecule has 0 unspecified atom stereocenters.